The van der Waals surface area contributed by atoms with Crippen LogP contribution in [-0.4, -0.2) is 36.8 Å². The first-order chi connectivity index (χ1) is 14.0. The summed E-state index contributed by atoms with van der Waals surface area (Å²) in [6.45, 7) is 0.922. The Balaban J connectivity index is 0.00000320. The highest BCUT2D eigenvalue weighted by atomic mass is 35.5. The molecule has 1 saturated heterocycles. The molecule has 1 fully saturated rings. The van der Waals surface area contributed by atoms with E-state index in [1.165, 1.54) is 18.6 Å². The van der Waals surface area contributed by atoms with Gasteiger partial charge in [0.25, 0.3) is 5.91 Å². The highest BCUT2D eigenvalue weighted by Gasteiger charge is 2.28. The van der Waals surface area contributed by atoms with E-state index in [1.54, 1.807) is 25.3 Å². The summed E-state index contributed by atoms with van der Waals surface area (Å²) >= 11 is 6.22. The number of hydrogen-bond donors (Lipinski definition) is 4. The van der Waals surface area contributed by atoms with Crippen LogP contribution < -0.4 is 26.8 Å². The van der Waals surface area contributed by atoms with E-state index < -0.39 is 5.91 Å². The number of amides is 1. The third kappa shape index (κ3) is 5.49. The van der Waals surface area contributed by atoms with Crippen molar-refractivity contribution in [2.75, 3.05) is 19.4 Å². The van der Waals surface area contributed by atoms with Crippen molar-refractivity contribution in [1.29, 1.82) is 0 Å². The SMILES string of the molecule is C.COc1cc(Cl)cc(C(N=C/C(=C\N)NC(=O)c2cccnc2N)C2CCN2)c1. The minimum Gasteiger partial charge on any atom is -0.497 e. The van der Waals surface area contributed by atoms with Crippen LogP contribution >= 0.6 is 11.6 Å². The number of nitrogens with two attached hydrogens (primary N) is 2. The second-order valence-electron chi connectivity index (χ2n) is 6.51. The number of nitrogens with zero attached hydrogens (tertiary/aromatic N) is 2. The number of pyridine rings is 1. The second kappa shape index (κ2) is 10.6. The summed E-state index contributed by atoms with van der Waals surface area (Å²) in [6.07, 6.45) is 5.29. The predicted octanol–water partition coefficient (Wildman–Crippen LogP) is 2.67. The molecule has 1 aromatic carbocycles. The van der Waals surface area contributed by atoms with Gasteiger partial charge in [-0.3, -0.25) is 9.79 Å². The number of rotatable bonds is 7. The van der Waals surface area contributed by atoms with Gasteiger partial charge in [0.2, 0.25) is 0 Å². The van der Waals surface area contributed by atoms with Crippen LogP contribution in [0.2, 0.25) is 5.02 Å². The Morgan fingerprint density at radius 2 is 2.23 bits per heavy atom. The summed E-state index contributed by atoms with van der Waals surface area (Å²) in [5.74, 6) is 0.379. The Hall–Kier alpha value is -3.10. The summed E-state index contributed by atoms with van der Waals surface area (Å²) in [4.78, 5) is 21.0. The van der Waals surface area contributed by atoms with Gasteiger partial charge in [-0.15, -0.1) is 0 Å². The van der Waals surface area contributed by atoms with Gasteiger partial charge < -0.3 is 26.8 Å². The minimum absolute atomic E-state index is 0. The number of ether oxygens (including phenoxy) is 1. The fourth-order valence-corrected chi connectivity index (χ4v) is 3.19. The largest absolute Gasteiger partial charge is 0.497 e. The molecule has 1 aliphatic heterocycles. The third-order valence-electron chi connectivity index (χ3n) is 4.61. The maximum atomic E-state index is 12.4. The molecule has 0 aliphatic carbocycles. The molecule has 1 aliphatic rings. The molecule has 6 N–H and O–H groups in total. The average molecular weight is 431 g/mol. The monoisotopic (exact) mass is 430 g/mol. The van der Waals surface area contributed by atoms with E-state index in [9.17, 15) is 4.79 Å². The van der Waals surface area contributed by atoms with Crippen LogP contribution in [0, 0.1) is 0 Å². The number of methoxy groups -OCH3 is 1. The highest BCUT2D eigenvalue weighted by Crippen LogP contribution is 2.31. The standard InChI is InChI=1S/C20H23ClN6O2.CH4/c1-29-15-8-12(7-13(21)9-15)18(17-4-6-24-17)26-11-14(10-22)27-20(28)16-3-2-5-25-19(16)23;/h2-3,5,7-11,17-18,24H,4,6,22H2,1H3,(H2,23,25)(H,27,28);1H4/b14-10+,26-11?;. The lowest BCUT2D eigenvalue weighted by Gasteiger charge is -2.33. The molecule has 9 heteroatoms. The lowest BCUT2D eigenvalue weighted by atomic mass is 9.92. The van der Waals surface area contributed by atoms with E-state index in [0.717, 1.165) is 18.5 Å². The van der Waals surface area contributed by atoms with Crippen LogP contribution in [0.5, 0.6) is 5.75 Å². The summed E-state index contributed by atoms with van der Waals surface area (Å²) in [6, 6.07) is 8.65. The van der Waals surface area contributed by atoms with Gasteiger partial charge in [0.1, 0.15) is 11.6 Å². The first-order valence-corrected chi connectivity index (χ1v) is 9.44. The molecule has 2 aromatic rings. The van der Waals surface area contributed by atoms with Crippen molar-refractivity contribution in [2.45, 2.75) is 25.9 Å². The number of allylic oxidation sites excluding steroid dienone is 1. The molecule has 30 heavy (non-hydrogen) atoms. The average Bonchev–Trinajstić information content (AvgIpc) is 2.68. The van der Waals surface area contributed by atoms with Crippen LogP contribution in [0.1, 0.15) is 35.8 Å². The van der Waals surface area contributed by atoms with Crippen molar-refractivity contribution in [3.05, 3.63) is 64.6 Å². The number of nitrogens with one attached hydrogen (secondary N) is 2. The Labute approximate surface area is 181 Å². The van der Waals surface area contributed by atoms with E-state index in [4.69, 9.17) is 27.8 Å². The lowest BCUT2D eigenvalue weighted by molar-refractivity contribution is 0.0968. The van der Waals surface area contributed by atoms with Gasteiger partial charge in [0.05, 0.1) is 24.4 Å². The molecule has 8 nitrogen and oxygen atoms in total. The number of halogens is 1. The van der Waals surface area contributed by atoms with Crippen molar-refractivity contribution < 1.29 is 9.53 Å². The molecule has 3 rings (SSSR count). The van der Waals surface area contributed by atoms with Crippen molar-refractivity contribution in [2.24, 2.45) is 10.7 Å². The Bertz CT molecular complexity index is 943. The van der Waals surface area contributed by atoms with Crippen molar-refractivity contribution in [1.82, 2.24) is 15.6 Å². The summed E-state index contributed by atoms with van der Waals surface area (Å²) in [5, 5.41) is 6.62. The Morgan fingerprint density at radius 3 is 2.83 bits per heavy atom. The molecule has 160 valence electrons. The van der Waals surface area contributed by atoms with Crippen LogP contribution in [-0.2, 0) is 0 Å². The normalized spacial score (nSPS) is 17.0. The number of aliphatic imine (C=N–C) groups is 1. The van der Waals surface area contributed by atoms with Crippen LogP contribution in [0.3, 0.4) is 0 Å². The maximum Gasteiger partial charge on any atom is 0.259 e. The molecule has 0 spiro atoms. The molecule has 2 heterocycles. The zero-order chi connectivity index (χ0) is 20.8. The van der Waals surface area contributed by atoms with E-state index >= 15 is 0 Å². The summed E-state index contributed by atoms with van der Waals surface area (Å²) in [5.41, 5.74) is 12.9. The topological polar surface area (TPSA) is 128 Å². The molecule has 1 aromatic heterocycles. The number of nitrogen functional groups attached to an aromatic ring is 1. The summed E-state index contributed by atoms with van der Waals surface area (Å²) < 4.78 is 5.31. The molecule has 1 amide bonds. The number of carbonyl (C=O) groups excluding carboxylic acids is 1. The Morgan fingerprint density at radius 1 is 1.47 bits per heavy atom. The predicted molar refractivity (Wildman–Crippen MR) is 121 cm³/mol. The summed E-state index contributed by atoms with van der Waals surface area (Å²) in [7, 11) is 1.59. The van der Waals surface area contributed by atoms with Crippen LogP contribution in [0.4, 0.5) is 5.82 Å². The number of aromatic nitrogens is 1. The van der Waals surface area contributed by atoms with Gasteiger partial charge in [-0.1, -0.05) is 19.0 Å². The zero-order valence-corrected chi connectivity index (χ0v) is 16.7. The smallest absolute Gasteiger partial charge is 0.259 e. The zero-order valence-electron chi connectivity index (χ0n) is 15.9. The first kappa shape index (κ1) is 23.2. The van der Waals surface area contributed by atoms with Gasteiger partial charge >= 0.3 is 0 Å². The maximum absolute atomic E-state index is 12.4. The minimum atomic E-state index is -0.415. The molecule has 2 atom stereocenters. The fourth-order valence-electron chi connectivity index (χ4n) is 2.96. The quantitative estimate of drug-likeness (QED) is 0.500. The van der Waals surface area contributed by atoms with Crippen LogP contribution in [0.15, 0.2) is 53.4 Å². The fraction of sp³-hybridized carbons (Fsp3) is 0.286. The molecule has 0 saturated carbocycles. The van der Waals surface area contributed by atoms with Crippen molar-refractivity contribution in [3.63, 3.8) is 0 Å². The second-order valence-corrected chi connectivity index (χ2v) is 6.95. The van der Waals surface area contributed by atoms with Crippen LogP contribution in [0.25, 0.3) is 0 Å². The van der Waals surface area contributed by atoms with Gasteiger partial charge in [-0.05, 0) is 48.9 Å². The lowest BCUT2D eigenvalue weighted by Crippen LogP contribution is -2.46. The number of hydrogen-bond acceptors (Lipinski definition) is 7. The first-order valence-electron chi connectivity index (χ1n) is 9.06. The number of benzene rings is 1. The molecular weight excluding hydrogens is 404 g/mol. The molecule has 0 bridgehead atoms. The van der Waals surface area contributed by atoms with E-state index in [1.807, 2.05) is 12.1 Å². The van der Waals surface area contributed by atoms with E-state index in [-0.39, 0.29) is 30.9 Å². The van der Waals surface area contributed by atoms with Gasteiger partial charge in [0, 0.05) is 29.7 Å². The highest BCUT2D eigenvalue weighted by molar-refractivity contribution is 6.30. The third-order valence-corrected chi connectivity index (χ3v) is 4.83. The molecule has 2 unspecified atom stereocenters. The van der Waals surface area contributed by atoms with Crippen molar-refractivity contribution >= 4 is 29.5 Å². The molecular formula is C21H27ClN6O2. The van der Waals surface area contributed by atoms with Gasteiger partial charge in [-0.25, -0.2) is 4.98 Å². The van der Waals surface area contributed by atoms with Gasteiger partial charge in [-0.2, -0.15) is 0 Å². The van der Waals surface area contributed by atoms with E-state index in [2.05, 4.69) is 20.6 Å². The Kier molecular flexibility index (Phi) is 8.20. The van der Waals surface area contributed by atoms with Crippen molar-refractivity contribution in [3.8, 4) is 5.75 Å². The number of anilines is 1. The number of carbonyl (C=O) groups is 1. The molecule has 0 radical (unpaired) electrons. The van der Waals surface area contributed by atoms with Gasteiger partial charge in [0.15, 0.2) is 0 Å². The van der Waals surface area contributed by atoms with E-state index in [0.29, 0.717) is 16.5 Å².